The number of aryl methyl sites for hydroxylation is 3. The highest BCUT2D eigenvalue weighted by Crippen LogP contribution is 2.34. The van der Waals surface area contributed by atoms with Gasteiger partial charge in [0.2, 0.25) is 5.91 Å². The minimum Gasteiger partial charge on any atom is -0.352 e. The topological polar surface area (TPSA) is 62.3 Å². The van der Waals surface area contributed by atoms with Crippen LogP contribution in [0.15, 0.2) is 66.7 Å². The van der Waals surface area contributed by atoms with Crippen molar-refractivity contribution >= 4 is 44.2 Å². The SMILES string of the molecule is Cc1cc(C)cc(N(C(=O)CCNC(=O)c2ccccc2C)c2nc3ccccc3s2)c1. The van der Waals surface area contributed by atoms with Crippen molar-refractivity contribution in [3.05, 3.63) is 89.0 Å². The molecule has 162 valence electrons. The van der Waals surface area contributed by atoms with E-state index in [1.54, 1.807) is 11.0 Å². The van der Waals surface area contributed by atoms with Gasteiger partial charge in [0.1, 0.15) is 0 Å². The highest BCUT2D eigenvalue weighted by Gasteiger charge is 2.22. The number of thiazole rings is 1. The van der Waals surface area contributed by atoms with Gasteiger partial charge in [-0.15, -0.1) is 0 Å². The summed E-state index contributed by atoms with van der Waals surface area (Å²) < 4.78 is 1.03. The second-order valence-corrected chi connectivity index (χ2v) is 8.87. The smallest absolute Gasteiger partial charge is 0.251 e. The molecule has 0 saturated heterocycles. The van der Waals surface area contributed by atoms with Crippen LogP contribution in [0.3, 0.4) is 0 Å². The lowest BCUT2D eigenvalue weighted by molar-refractivity contribution is -0.117. The number of carbonyl (C=O) groups excluding carboxylic acids is 2. The first-order valence-corrected chi connectivity index (χ1v) is 11.3. The van der Waals surface area contributed by atoms with E-state index in [0.717, 1.165) is 32.6 Å². The maximum atomic E-state index is 13.4. The molecule has 4 aromatic rings. The standard InChI is InChI=1S/C26H25N3O2S/c1-17-14-18(2)16-20(15-17)29(26-28-22-10-6-7-11-23(22)32-26)24(30)12-13-27-25(31)21-9-5-4-8-19(21)3/h4-11,14-16H,12-13H2,1-3H3,(H,27,31). The Morgan fingerprint density at radius 3 is 2.34 bits per heavy atom. The number of hydrogen-bond acceptors (Lipinski definition) is 4. The van der Waals surface area contributed by atoms with Gasteiger partial charge in [-0.3, -0.25) is 14.5 Å². The van der Waals surface area contributed by atoms with Gasteiger partial charge in [-0.05, 0) is 67.8 Å². The molecular weight excluding hydrogens is 418 g/mol. The van der Waals surface area contributed by atoms with Crippen LogP contribution in [0.2, 0.25) is 0 Å². The van der Waals surface area contributed by atoms with E-state index in [9.17, 15) is 9.59 Å². The summed E-state index contributed by atoms with van der Waals surface area (Å²) in [4.78, 5) is 32.3. The minimum absolute atomic E-state index is 0.112. The average Bonchev–Trinajstić information content (AvgIpc) is 3.17. The van der Waals surface area contributed by atoms with E-state index in [1.807, 2.05) is 75.4 Å². The van der Waals surface area contributed by atoms with Gasteiger partial charge < -0.3 is 5.32 Å². The minimum atomic E-state index is -0.172. The monoisotopic (exact) mass is 443 g/mol. The number of carbonyl (C=O) groups is 2. The lowest BCUT2D eigenvalue weighted by Crippen LogP contribution is -2.32. The highest BCUT2D eigenvalue weighted by atomic mass is 32.1. The van der Waals surface area contributed by atoms with Gasteiger partial charge in [0.15, 0.2) is 5.13 Å². The third-order valence-corrected chi connectivity index (χ3v) is 6.22. The molecule has 0 unspecified atom stereocenters. The number of benzene rings is 3. The summed E-state index contributed by atoms with van der Waals surface area (Å²) >= 11 is 1.49. The molecule has 0 spiro atoms. The van der Waals surface area contributed by atoms with Gasteiger partial charge in [-0.1, -0.05) is 47.7 Å². The molecule has 5 nitrogen and oxygen atoms in total. The Balaban J connectivity index is 1.57. The molecule has 1 heterocycles. The van der Waals surface area contributed by atoms with Crippen molar-refractivity contribution in [3.8, 4) is 0 Å². The van der Waals surface area contributed by atoms with Crippen LogP contribution in [0.5, 0.6) is 0 Å². The van der Waals surface area contributed by atoms with E-state index < -0.39 is 0 Å². The molecule has 0 fully saturated rings. The number of hydrogen-bond donors (Lipinski definition) is 1. The molecule has 2 amide bonds. The first-order chi connectivity index (χ1) is 15.4. The van der Waals surface area contributed by atoms with Crippen molar-refractivity contribution in [1.82, 2.24) is 10.3 Å². The maximum Gasteiger partial charge on any atom is 0.251 e. The Morgan fingerprint density at radius 1 is 0.938 bits per heavy atom. The van der Waals surface area contributed by atoms with Crippen molar-refractivity contribution in [2.75, 3.05) is 11.4 Å². The van der Waals surface area contributed by atoms with E-state index >= 15 is 0 Å². The number of rotatable bonds is 6. The number of fused-ring (bicyclic) bond motifs is 1. The second kappa shape index (κ2) is 9.32. The first kappa shape index (κ1) is 21.7. The van der Waals surface area contributed by atoms with Crippen LogP contribution in [0.4, 0.5) is 10.8 Å². The molecular formula is C26H25N3O2S. The maximum absolute atomic E-state index is 13.4. The number of nitrogens with zero attached hydrogens (tertiary/aromatic N) is 2. The Morgan fingerprint density at radius 2 is 1.62 bits per heavy atom. The molecule has 0 atom stereocenters. The van der Waals surface area contributed by atoms with E-state index in [-0.39, 0.29) is 24.8 Å². The van der Waals surface area contributed by atoms with Crippen LogP contribution >= 0.6 is 11.3 Å². The largest absolute Gasteiger partial charge is 0.352 e. The van der Waals surface area contributed by atoms with Gasteiger partial charge in [0, 0.05) is 18.5 Å². The van der Waals surface area contributed by atoms with Crippen LogP contribution in [0, 0.1) is 20.8 Å². The van der Waals surface area contributed by atoms with Gasteiger partial charge in [0.05, 0.1) is 15.9 Å². The van der Waals surface area contributed by atoms with Crippen LogP contribution in [-0.2, 0) is 4.79 Å². The molecule has 32 heavy (non-hydrogen) atoms. The molecule has 1 aromatic heterocycles. The fourth-order valence-electron chi connectivity index (χ4n) is 3.71. The number of nitrogens with one attached hydrogen (secondary N) is 1. The summed E-state index contributed by atoms with van der Waals surface area (Å²) in [6, 6.07) is 21.3. The third kappa shape index (κ3) is 4.70. The zero-order chi connectivity index (χ0) is 22.7. The Hall–Kier alpha value is -3.51. The van der Waals surface area contributed by atoms with Gasteiger partial charge >= 0.3 is 0 Å². The molecule has 0 aliphatic rings. The molecule has 0 saturated carbocycles. The van der Waals surface area contributed by atoms with Crippen LogP contribution < -0.4 is 10.2 Å². The van der Waals surface area contributed by atoms with E-state index in [1.165, 1.54) is 11.3 Å². The second-order valence-electron chi connectivity index (χ2n) is 7.86. The molecule has 6 heteroatoms. The molecule has 0 radical (unpaired) electrons. The summed E-state index contributed by atoms with van der Waals surface area (Å²) in [5.41, 5.74) is 5.33. The molecule has 3 aromatic carbocycles. The van der Waals surface area contributed by atoms with E-state index in [4.69, 9.17) is 4.98 Å². The normalized spacial score (nSPS) is 10.8. The summed E-state index contributed by atoms with van der Waals surface area (Å²) in [6.07, 6.45) is 0.167. The van der Waals surface area contributed by atoms with Crippen molar-refractivity contribution in [1.29, 1.82) is 0 Å². The van der Waals surface area contributed by atoms with Crippen molar-refractivity contribution in [2.24, 2.45) is 0 Å². The lowest BCUT2D eigenvalue weighted by Gasteiger charge is -2.21. The number of aromatic nitrogens is 1. The lowest BCUT2D eigenvalue weighted by atomic mass is 10.1. The van der Waals surface area contributed by atoms with Gasteiger partial charge in [-0.25, -0.2) is 4.98 Å². The Bertz CT molecular complexity index is 1240. The quantitative estimate of drug-likeness (QED) is 0.415. The van der Waals surface area contributed by atoms with Crippen LogP contribution in [0.25, 0.3) is 10.2 Å². The zero-order valence-electron chi connectivity index (χ0n) is 18.4. The van der Waals surface area contributed by atoms with Gasteiger partial charge in [-0.2, -0.15) is 0 Å². The number of para-hydroxylation sites is 1. The predicted molar refractivity (Wildman–Crippen MR) is 131 cm³/mol. The molecule has 0 bridgehead atoms. The van der Waals surface area contributed by atoms with Crippen LogP contribution in [0.1, 0.15) is 33.5 Å². The molecule has 4 rings (SSSR count). The number of anilines is 2. The van der Waals surface area contributed by atoms with Crippen molar-refractivity contribution in [2.45, 2.75) is 27.2 Å². The first-order valence-electron chi connectivity index (χ1n) is 10.5. The van der Waals surface area contributed by atoms with Gasteiger partial charge in [0.25, 0.3) is 5.91 Å². The zero-order valence-corrected chi connectivity index (χ0v) is 19.2. The number of amides is 2. The van der Waals surface area contributed by atoms with E-state index in [0.29, 0.717) is 10.7 Å². The Labute approximate surface area is 191 Å². The molecule has 0 aliphatic heterocycles. The fraction of sp³-hybridized carbons (Fsp3) is 0.192. The summed E-state index contributed by atoms with van der Waals surface area (Å²) in [5, 5.41) is 3.51. The summed E-state index contributed by atoms with van der Waals surface area (Å²) in [6.45, 7) is 6.17. The average molecular weight is 444 g/mol. The highest BCUT2D eigenvalue weighted by molar-refractivity contribution is 7.22. The fourth-order valence-corrected chi connectivity index (χ4v) is 4.72. The van der Waals surface area contributed by atoms with E-state index in [2.05, 4.69) is 11.4 Å². The van der Waals surface area contributed by atoms with Crippen LogP contribution in [-0.4, -0.2) is 23.3 Å². The summed E-state index contributed by atoms with van der Waals surface area (Å²) in [7, 11) is 0. The summed E-state index contributed by atoms with van der Waals surface area (Å²) in [5.74, 6) is -0.284. The predicted octanol–water partition coefficient (Wildman–Crippen LogP) is 5.71. The van der Waals surface area contributed by atoms with Crippen molar-refractivity contribution in [3.63, 3.8) is 0 Å². The molecule has 1 N–H and O–H groups in total. The third-order valence-electron chi connectivity index (χ3n) is 5.20. The molecule has 0 aliphatic carbocycles. The van der Waals surface area contributed by atoms with Crippen molar-refractivity contribution < 1.29 is 9.59 Å². The Kier molecular flexibility index (Phi) is 6.32.